The summed E-state index contributed by atoms with van der Waals surface area (Å²) in [6, 6.07) is 4.83. The molecule has 0 aromatic heterocycles. The van der Waals surface area contributed by atoms with E-state index in [2.05, 4.69) is 11.3 Å². The van der Waals surface area contributed by atoms with Crippen molar-refractivity contribution in [3.63, 3.8) is 0 Å². The average molecular weight is 275 g/mol. The minimum atomic E-state index is -3.60. The third-order valence-electron chi connectivity index (χ3n) is 2.22. The van der Waals surface area contributed by atoms with Crippen molar-refractivity contribution in [2.45, 2.75) is 18.2 Å². The summed E-state index contributed by atoms with van der Waals surface area (Å²) >= 11 is 5.53. The lowest BCUT2D eigenvalue weighted by Gasteiger charge is -2.10. The van der Waals surface area contributed by atoms with Crippen LogP contribution in [0.4, 0.5) is 5.69 Å². The van der Waals surface area contributed by atoms with E-state index in [-0.39, 0.29) is 16.5 Å². The van der Waals surface area contributed by atoms with E-state index in [1.807, 2.05) is 6.92 Å². The maximum Gasteiger partial charge on any atom is 0.241 e. The van der Waals surface area contributed by atoms with Crippen LogP contribution in [0.15, 0.2) is 34.7 Å². The number of halogens is 1. The van der Waals surface area contributed by atoms with Crippen LogP contribution in [0, 0.1) is 0 Å². The van der Waals surface area contributed by atoms with Crippen molar-refractivity contribution in [1.82, 2.24) is 4.72 Å². The number of nitrogens with one attached hydrogen (secondary N) is 1. The lowest BCUT2D eigenvalue weighted by atomic mass is 10.1. The summed E-state index contributed by atoms with van der Waals surface area (Å²) < 4.78 is 26.4. The van der Waals surface area contributed by atoms with Crippen LogP contribution in [0.2, 0.25) is 0 Å². The Morgan fingerprint density at radius 1 is 1.53 bits per heavy atom. The Kier molecular flexibility index (Phi) is 4.56. The summed E-state index contributed by atoms with van der Waals surface area (Å²) in [7, 11) is -3.60. The molecule has 94 valence electrons. The summed E-state index contributed by atoms with van der Waals surface area (Å²) in [4.78, 5) is 0.193. The average Bonchev–Trinajstić information content (AvgIpc) is 2.26. The molecule has 4 nitrogen and oxygen atoms in total. The molecule has 0 radical (unpaired) electrons. The van der Waals surface area contributed by atoms with Gasteiger partial charge in [-0.05, 0) is 24.1 Å². The number of nitrogen functional groups attached to an aromatic ring is 1. The maximum atomic E-state index is 12.0. The highest BCUT2D eigenvalue weighted by Gasteiger charge is 2.17. The van der Waals surface area contributed by atoms with E-state index < -0.39 is 10.0 Å². The van der Waals surface area contributed by atoms with Crippen molar-refractivity contribution in [2.24, 2.45) is 0 Å². The molecule has 6 heteroatoms. The monoisotopic (exact) mass is 274 g/mol. The fraction of sp³-hybridized carbons (Fsp3) is 0.273. The summed E-state index contributed by atoms with van der Waals surface area (Å²) in [6.07, 6.45) is 0.609. The van der Waals surface area contributed by atoms with E-state index in [0.29, 0.717) is 17.7 Å². The first kappa shape index (κ1) is 14.0. The van der Waals surface area contributed by atoms with Crippen molar-refractivity contribution in [2.75, 3.05) is 12.3 Å². The maximum absolute atomic E-state index is 12.0. The Labute approximate surface area is 107 Å². The highest BCUT2D eigenvalue weighted by atomic mass is 35.5. The number of benzene rings is 1. The van der Waals surface area contributed by atoms with Crippen LogP contribution in [-0.4, -0.2) is 15.0 Å². The van der Waals surface area contributed by atoms with Gasteiger partial charge in [0.25, 0.3) is 0 Å². The van der Waals surface area contributed by atoms with Crippen molar-refractivity contribution in [1.29, 1.82) is 0 Å². The number of hydrogen-bond acceptors (Lipinski definition) is 3. The lowest BCUT2D eigenvalue weighted by molar-refractivity contribution is 0.584. The first-order valence-electron chi connectivity index (χ1n) is 5.08. The summed E-state index contributed by atoms with van der Waals surface area (Å²) in [5.41, 5.74) is 6.72. The Morgan fingerprint density at radius 3 is 2.71 bits per heavy atom. The summed E-state index contributed by atoms with van der Waals surface area (Å²) in [5.74, 6) is 0. The molecule has 0 spiro atoms. The van der Waals surface area contributed by atoms with E-state index in [0.717, 1.165) is 0 Å². The minimum absolute atomic E-state index is 0.00183. The first-order chi connectivity index (χ1) is 7.86. The van der Waals surface area contributed by atoms with Crippen LogP contribution < -0.4 is 10.5 Å². The normalized spacial score (nSPS) is 11.4. The molecule has 0 unspecified atom stereocenters. The number of sulfonamides is 1. The van der Waals surface area contributed by atoms with E-state index in [4.69, 9.17) is 17.3 Å². The zero-order valence-electron chi connectivity index (χ0n) is 9.53. The Morgan fingerprint density at radius 2 is 2.18 bits per heavy atom. The zero-order chi connectivity index (χ0) is 13.1. The molecule has 1 rings (SSSR count). The van der Waals surface area contributed by atoms with Gasteiger partial charge in [0.2, 0.25) is 10.0 Å². The third-order valence-corrected chi connectivity index (χ3v) is 3.83. The number of rotatable bonds is 5. The second kappa shape index (κ2) is 5.53. The molecule has 0 heterocycles. The fourth-order valence-electron chi connectivity index (χ4n) is 1.36. The van der Waals surface area contributed by atoms with Crippen LogP contribution in [-0.2, 0) is 16.4 Å². The lowest BCUT2D eigenvalue weighted by Crippen LogP contribution is -2.26. The van der Waals surface area contributed by atoms with Crippen LogP contribution in [0.5, 0.6) is 0 Å². The molecule has 17 heavy (non-hydrogen) atoms. The quantitative estimate of drug-likeness (QED) is 0.805. The molecular formula is C11H15ClN2O2S. The highest BCUT2D eigenvalue weighted by molar-refractivity contribution is 7.89. The molecule has 0 aliphatic rings. The largest absolute Gasteiger partial charge is 0.399 e. The molecule has 1 aromatic rings. The van der Waals surface area contributed by atoms with Gasteiger partial charge in [-0.2, -0.15) is 0 Å². The molecular weight excluding hydrogens is 260 g/mol. The molecule has 0 aliphatic heterocycles. The molecule has 1 aromatic carbocycles. The molecule has 0 aliphatic carbocycles. The van der Waals surface area contributed by atoms with Gasteiger partial charge in [0.05, 0.1) is 4.90 Å². The molecule has 0 amide bonds. The van der Waals surface area contributed by atoms with Crippen molar-refractivity contribution < 1.29 is 8.42 Å². The van der Waals surface area contributed by atoms with Gasteiger partial charge in [-0.15, -0.1) is 0 Å². The van der Waals surface area contributed by atoms with Gasteiger partial charge in [0, 0.05) is 17.3 Å². The number of anilines is 1. The number of hydrogen-bond donors (Lipinski definition) is 2. The highest BCUT2D eigenvalue weighted by Crippen LogP contribution is 2.19. The molecule has 0 fully saturated rings. The third kappa shape index (κ3) is 3.73. The zero-order valence-corrected chi connectivity index (χ0v) is 11.1. The van der Waals surface area contributed by atoms with Crippen LogP contribution in [0.1, 0.15) is 12.5 Å². The van der Waals surface area contributed by atoms with E-state index in [1.54, 1.807) is 12.1 Å². The SMILES string of the molecule is C=C(Cl)CNS(=O)(=O)c1cc(N)ccc1CC. The molecule has 0 bridgehead atoms. The van der Waals surface area contributed by atoms with Gasteiger partial charge in [0.1, 0.15) is 0 Å². The van der Waals surface area contributed by atoms with E-state index >= 15 is 0 Å². The summed E-state index contributed by atoms with van der Waals surface area (Å²) in [6.45, 7) is 5.31. The smallest absolute Gasteiger partial charge is 0.241 e. The Bertz CT molecular complexity index is 526. The van der Waals surface area contributed by atoms with E-state index in [9.17, 15) is 8.42 Å². The van der Waals surface area contributed by atoms with Crippen LogP contribution in [0.25, 0.3) is 0 Å². The fourth-order valence-corrected chi connectivity index (χ4v) is 2.88. The first-order valence-corrected chi connectivity index (χ1v) is 6.94. The topological polar surface area (TPSA) is 72.2 Å². The predicted octanol–water partition coefficient (Wildman–Crippen LogP) is 1.86. The van der Waals surface area contributed by atoms with E-state index in [1.165, 1.54) is 6.07 Å². The standard InChI is InChI=1S/C11H15ClN2O2S/c1-3-9-4-5-10(13)6-11(9)17(15,16)14-7-8(2)12/h4-6,14H,2-3,7,13H2,1H3. The predicted molar refractivity (Wildman–Crippen MR) is 70.4 cm³/mol. The molecule has 0 saturated carbocycles. The number of nitrogens with two attached hydrogens (primary N) is 1. The minimum Gasteiger partial charge on any atom is -0.399 e. The number of aryl methyl sites for hydroxylation is 1. The van der Waals surface area contributed by atoms with Gasteiger partial charge >= 0.3 is 0 Å². The molecule has 0 atom stereocenters. The van der Waals surface area contributed by atoms with Crippen molar-refractivity contribution >= 4 is 27.3 Å². The van der Waals surface area contributed by atoms with Crippen LogP contribution >= 0.6 is 11.6 Å². The van der Waals surface area contributed by atoms with Crippen molar-refractivity contribution in [3.05, 3.63) is 35.4 Å². The van der Waals surface area contributed by atoms with Gasteiger partial charge < -0.3 is 5.73 Å². The Hall–Kier alpha value is -1.04. The summed E-state index contributed by atoms with van der Waals surface area (Å²) in [5, 5.41) is 0.232. The van der Waals surface area contributed by atoms with Crippen LogP contribution in [0.3, 0.4) is 0 Å². The second-order valence-corrected chi connectivity index (χ2v) is 5.83. The van der Waals surface area contributed by atoms with Gasteiger partial charge in [-0.25, -0.2) is 13.1 Å². The van der Waals surface area contributed by atoms with Crippen molar-refractivity contribution in [3.8, 4) is 0 Å². The molecule has 0 saturated heterocycles. The van der Waals surface area contributed by atoms with Gasteiger partial charge in [-0.3, -0.25) is 0 Å². The second-order valence-electron chi connectivity index (χ2n) is 3.56. The van der Waals surface area contributed by atoms with Gasteiger partial charge in [-0.1, -0.05) is 31.2 Å². The Balaban J connectivity index is 3.13. The molecule has 3 N–H and O–H groups in total. The van der Waals surface area contributed by atoms with Gasteiger partial charge in [0.15, 0.2) is 0 Å².